The van der Waals surface area contributed by atoms with E-state index in [0.717, 1.165) is 30.2 Å². The zero-order valence-electron chi connectivity index (χ0n) is 13.7. The van der Waals surface area contributed by atoms with Crippen LogP contribution in [0.5, 0.6) is 0 Å². The van der Waals surface area contributed by atoms with Gasteiger partial charge in [-0.15, -0.1) is 10.2 Å². The summed E-state index contributed by atoms with van der Waals surface area (Å²) in [4.78, 5) is 14.3. The zero-order valence-corrected chi connectivity index (χ0v) is 15.2. The molecule has 1 aliphatic rings. The van der Waals surface area contributed by atoms with Gasteiger partial charge in [0.25, 0.3) is 0 Å². The molecule has 2 heterocycles. The molecule has 1 fully saturated rings. The first-order valence-electron chi connectivity index (χ1n) is 7.94. The van der Waals surface area contributed by atoms with Crippen LogP contribution in [0.15, 0.2) is 18.2 Å². The molecule has 2 amide bonds. The lowest BCUT2D eigenvalue weighted by molar-refractivity contribution is 0.262. The van der Waals surface area contributed by atoms with E-state index in [4.69, 9.17) is 11.6 Å². The average Bonchev–Trinajstić information content (AvgIpc) is 2.99. The minimum Gasteiger partial charge on any atom is -0.346 e. The van der Waals surface area contributed by atoms with Gasteiger partial charge in [0.2, 0.25) is 10.3 Å². The second-order valence-electron chi connectivity index (χ2n) is 6.13. The highest BCUT2D eigenvalue weighted by Crippen LogP contribution is 2.28. The van der Waals surface area contributed by atoms with Crippen molar-refractivity contribution in [2.75, 3.05) is 28.6 Å². The molecule has 0 spiro atoms. The summed E-state index contributed by atoms with van der Waals surface area (Å²) in [6, 6.07) is 5.03. The van der Waals surface area contributed by atoms with Gasteiger partial charge in [-0.25, -0.2) is 4.79 Å². The molecule has 1 aliphatic heterocycles. The predicted molar refractivity (Wildman–Crippen MR) is 99.4 cm³/mol. The maximum Gasteiger partial charge on any atom is 0.325 e. The van der Waals surface area contributed by atoms with Crippen LogP contribution in [0.2, 0.25) is 5.02 Å². The van der Waals surface area contributed by atoms with Crippen LogP contribution in [0.3, 0.4) is 0 Å². The highest BCUT2D eigenvalue weighted by Gasteiger charge is 2.20. The van der Waals surface area contributed by atoms with Gasteiger partial charge in [0.1, 0.15) is 0 Å². The third-order valence-electron chi connectivity index (χ3n) is 3.99. The second kappa shape index (κ2) is 7.36. The monoisotopic (exact) mass is 365 g/mol. The van der Waals surface area contributed by atoms with Crippen molar-refractivity contribution in [3.63, 3.8) is 0 Å². The highest BCUT2D eigenvalue weighted by molar-refractivity contribution is 7.19. The first-order valence-corrected chi connectivity index (χ1v) is 9.13. The quantitative estimate of drug-likeness (QED) is 0.846. The van der Waals surface area contributed by atoms with E-state index >= 15 is 0 Å². The van der Waals surface area contributed by atoms with E-state index in [1.165, 1.54) is 17.8 Å². The summed E-state index contributed by atoms with van der Waals surface area (Å²) < 4.78 is 0. The third kappa shape index (κ3) is 4.15. The Balaban J connectivity index is 1.59. The number of carbonyl (C=O) groups is 1. The Morgan fingerprint density at radius 3 is 2.96 bits per heavy atom. The smallest absolute Gasteiger partial charge is 0.325 e. The zero-order chi connectivity index (χ0) is 17.1. The minimum atomic E-state index is -0.357. The number of aromatic nitrogens is 2. The maximum atomic E-state index is 12.1. The van der Waals surface area contributed by atoms with Crippen molar-refractivity contribution in [1.82, 2.24) is 10.2 Å². The van der Waals surface area contributed by atoms with Gasteiger partial charge in [0, 0.05) is 23.8 Å². The van der Waals surface area contributed by atoms with E-state index in [0.29, 0.717) is 21.8 Å². The normalized spacial score (nSPS) is 17.6. The van der Waals surface area contributed by atoms with Gasteiger partial charge in [0.05, 0.1) is 0 Å². The molecule has 1 aromatic heterocycles. The summed E-state index contributed by atoms with van der Waals surface area (Å²) in [5.41, 5.74) is 1.60. The molecule has 0 saturated carbocycles. The van der Waals surface area contributed by atoms with Crippen LogP contribution < -0.4 is 15.5 Å². The number of hydrogen-bond acceptors (Lipinski definition) is 5. The molecule has 1 aromatic carbocycles. The number of rotatable bonds is 3. The molecular weight excluding hydrogens is 346 g/mol. The molecule has 1 atom stereocenters. The number of hydrogen-bond donors (Lipinski definition) is 2. The molecular formula is C16H20ClN5OS. The summed E-state index contributed by atoms with van der Waals surface area (Å²) in [6.07, 6.45) is 2.42. The van der Waals surface area contributed by atoms with E-state index in [1.54, 1.807) is 12.1 Å². The van der Waals surface area contributed by atoms with Crippen LogP contribution in [-0.2, 0) is 0 Å². The van der Waals surface area contributed by atoms with Crippen molar-refractivity contribution >= 4 is 44.9 Å². The number of nitrogens with zero attached hydrogens (tertiary/aromatic N) is 3. The van der Waals surface area contributed by atoms with Crippen LogP contribution in [0.1, 0.15) is 25.3 Å². The first kappa shape index (κ1) is 17.0. The Hall–Kier alpha value is -1.86. The fraction of sp³-hybridized carbons (Fsp3) is 0.438. The number of carbonyl (C=O) groups excluding carboxylic acids is 1. The van der Waals surface area contributed by atoms with Gasteiger partial charge in [-0.2, -0.15) is 0 Å². The molecule has 128 valence electrons. The van der Waals surface area contributed by atoms with Gasteiger partial charge >= 0.3 is 6.03 Å². The minimum absolute atomic E-state index is 0.357. The van der Waals surface area contributed by atoms with Crippen molar-refractivity contribution < 1.29 is 4.79 Å². The van der Waals surface area contributed by atoms with Crippen LogP contribution in [0.25, 0.3) is 0 Å². The molecule has 1 saturated heterocycles. The fourth-order valence-corrected chi connectivity index (χ4v) is 3.64. The lowest BCUT2D eigenvalue weighted by atomic mass is 10.0. The number of nitrogens with one attached hydrogen (secondary N) is 2. The standard InChI is InChI=1S/C16H20ClN5OS/c1-10-4-3-7-22(9-10)16-21-20-15(24-16)19-14(23)18-12-6-5-11(2)13(17)8-12/h5-6,8,10H,3-4,7,9H2,1-2H3,(H2,18,19,20,23)/t10-/m0/s1. The van der Waals surface area contributed by atoms with E-state index < -0.39 is 0 Å². The summed E-state index contributed by atoms with van der Waals surface area (Å²) in [5, 5.41) is 15.7. The van der Waals surface area contributed by atoms with E-state index in [1.807, 2.05) is 13.0 Å². The topological polar surface area (TPSA) is 70.1 Å². The maximum absolute atomic E-state index is 12.1. The molecule has 0 aliphatic carbocycles. The Morgan fingerprint density at radius 2 is 2.21 bits per heavy atom. The number of aryl methyl sites for hydroxylation is 1. The van der Waals surface area contributed by atoms with E-state index in [2.05, 4.69) is 32.7 Å². The SMILES string of the molecule is Cc1ccc(NC(=O)Nc2nnc(N3CCC[C@H](C)C3)s2)cc1Cl. The third-order valence-corrected chi connectivity index (χ3v) is 5.30. The predicted octanol–water partition coefficient (Wildman–Crippen LogP) is 4.38. The van der Waals surface area contributed by atoms with Gasteiger partial charge < -0.3 is 10.2 Å². The summed E-state index contributed by atoms with van der Waals surface area (Å²) in [6.45, 7) is 6.14. The Bertz CT molecular complexity index is 735. The highest BCUT2D eigenvalue weighted by atomic mass is 35.5. The van der Waals surface area contributed by atoms with Gasteiger partial charge in [-0.3, -0.25) is 5.32 Å². The van der Waals surface area contributed by atoms with E-state index in [9.17, 15) is 4.79 Å². The molecule has 2 N–H and O–H groups in total. The summed E-state index contributed by atoms with van der Waals surface area (Å²) in [5.74, 6) is 0.661. The van der Waals surface area contributed by atoms with Gasteiger partial charge in [-0.1, -0.05) is 35.9 Å². The molecule has 6 nitrogen and oxygen atoms in total. The molecule has 24 heavy (non-hydrogen) atoms. The van der Waals surface area contributed by atoms with Gasteiger partial charge in [-0.05, 0) is 43.4 Å². The largest absolute Gasteiger partial charge is 0.346 e. The van der Waals surface area contributed by atoms with Gasteiger partial charge in [0.15, 0.2) is 0 Å². The first-order chi connectivity index (χ1) is 11.5. The van der Waals surface area contributed by atoms with Crippen LogP contribution in [0.4, 0.5) is 20.7 Å². The van der Waals surface area contributed by atoms with E-state index in [-0.39, 0.29) is 6.03 Å². The lowest BCUT2D eigenvalue weighted by Gasteiger charge is -2.29. The molecule has 0 bridgehead atoms. The molecule has 8 heteroatoms. The number of urea groups is 1. The molecule has 0 radical (unpaired) electrons. The molecule has 2 aromatic rings. The lowest BCUT2D eigenvalue weighted by Crippen LogP contribution is -2.34. The van der Waals surface area contributed by atoms with Crippen LogP contribution in [0, 0.1) is 12.8 Å². The number of amides is 2. The number of halogens is 1. The van der Waals surface area contributed by atoms with Crippen molar-refractivity contribution in [2.45, 2.75) is 26.7 Å². The second-order valence-corrected chi connectivity index (χ2v) is 7.49. The Labute approximate surface area is 150 Å². The molecule has 0 unspecified atom stereocenters. The Morgan fingerprint density at radius 1 is 1.38 bits per heavy atom. The number of benzene rings is 1. The van der Waals surface area contributed by atoms with Crippen LogP contribution in [-0.4, -0.2) is 29.3 Å². The van der Waals surface area contributed by atoms with Crippen molar-refractivity contribution in [3.8, 4) is 0 Å². The number of piperidine rings is 1. The average molecular weight is 366 g/mol. The van der Waals surface area contributed by atoms with Crippen molar-refractivity contribution in [3.05, 3.63) is 28.8 Å². The van der Waals surface area contributed by atoms with Crippen LogP contribution >= 0.6 is 22.9 Å². The summed E-state index contributed by atoms with van der Waals surface area (Å²) >= 11 is 7.45. The fourth-order valence-electron chi connectivity index (χ4n) is 2.69. The summed E-state index contributed by atoms with van der Waals surface area (Å²) in [7, 11) is 0. The van der Waals surface area contributed by atoms with Crippen molar-refractivity contribution in [1.29, 1.82) is 0 Å². The van der Waals surface area contributed by atoms with Crippen molar-refractivity contribution in [2.24, 2.45) is 5.92 Å². The Kier molecular flexibility index (Phi) is 5.20. The number of anilines is 3. The molecule has 3 rings (SSSR count).